The van der Waals surface area contributed by atoms with E-state index in [1.165, 1.54) is 11.1 Å². The zero-order chi connectivity index (χ0) is 15.2. The first-order valence-corrected chi connectivity index (χ1v) is 7.29. The fourth-order valence-corrected chi connectivity index (χ4v) is 2.14. The molecule has 0 saturated carbocycles. The lowest BCUT2D eigenvalue weighted by atomic mass is 10.1. The van der Waals surface area contributed by atoms with Crippen molar-refractivity contribution in [3.63, 3.8) is 0 Å². The van der Waals surface area contributed by atoms with Gasteiger partial charge in [0.1, 0.15) is 0 Å². The molecule has 0 unspecified atom stereocenters. The van der Waals surface area contributed by atoms with E-state index >= 15 is 0 Å². The Kier molecular flexibility index (Phi) is 4.99. The van der Waals surface area contributed by atoms with Gasteiger partial charge in [-0.1, -0.05) is 37.3 Å². The van der Waals surface area contributed by atoms with Crippen LogP contribution in [-0.2, 0) is 11.3 Å². The van der Waals surface area contributed by atoms with Crippen LogP contribution in [0.25, 0.3) is 0 Å². The van der Waals surface area contributed by atoms with E-state index < -0.39 is 0 Å². The molecule has 0 aliphatic heterocycles. The van der Waals surface area contributed by atoms with Crippen molar-refractivity contribution in [2.24, 2.45) is 0 Å². The number of benzene rings is 2. The van der Waals surface area contributed by atoms with Gasteiger partial charge in [-0.15, -0.1) is 0 Å². The third-order valence-corrected chi connectivity index (χ3v) is 3.57. The van der Waals surface area contributed by atoms with E-state index in [0.717, 1.165) is 23.5 Å². The normalized spacial score (nSPS) is 10.2. The summed E-state index contributed by atoms with van der Waals surface area (Å²) in [5.74, 6) is 0.0312. The molecular weight excluding hydrogens is 260 g/mol. The van der Waals surface area contributed by atoms with Gasteiger partial charge in [0.25, 0.3) is 0 Å². The number of hydrogen-bond donors (Lipinski definition) is 2. The molecule has 0 atom stereocenters. The van der Waals surface area contributed by atoms with Gasteiger partial charge in [0.15, 0.2) is 0 Å². The molecule has 0 heterocycles. The number of anilines is 2. The van der Waals surface area contributed by atoms with Crippen LogP contribution in [0.4, 0.5) is 11.4 Å². The predicted octanol–water partition coefficient (Wildman–Crippen LogP) is 4.26. The summed E-state index contributed by atoms with van der Waals surface area (Å²) in [5.41, 5.74) is 5.60. The maximum atomic E-state index is 11.5. The molecule has 0 radical (unpaired) electrons. The summed E-state index contributed by atoms with van der Waals surface area (Å²) in [6.07, 6.45) is 0.486. The van der Waals surface area contributed by atoms with Gasteiger partial charge in [-0.3, -0.25) is 4.79 Å². The fourth-order valence-electron chi connectivity index (χ4n) is 2.14. The second-order valence-electron chi connectivity index (χ2n) is 5.21. The topological polar surface area (TPSA) is 41.1 Å². The lowest BCUT2D eigenvalue weighted by Crippen LogP contribution is -2.10. The maximum absolute atomic E-state index is 11.5. The maximum Gasteiger partial charge on any atom is 0.224 e. The molecule has 2 N–H and O–H groups in total. The van der Waals surface area contributed by atoms with Crippen LogP contribution in [0.1, 0.15) is 30.0 Å². The first kappa shape index (κ1) is 15.1. The molecule has 0 bridgehead atoms. The Morgan fingerprint density at radius 2 is 1.81 bits per heavy atom. The molecule has 0 spiro atoms. The van der Waals surface area contributed by atoms with E-state index in [0.29, 0.717) is 6.42 Å². The van der Waals surface area contributed by atoms with Crippen LogP contribution in [-0.4, -0.2) is 5.91 Å². The predicted molar refractivity (Wildman–Crippen MR) is 88.6 cm³/mol. The molecule has 21 heavy (non-hydrogen) atoms. The molecule has 2 rings (SSSR count). The lowest BCUT2D eigenvalue weighted by molar-refractivity contribution is -0.115. The van der Waals surface area contributed by atoms with Crippen LogP contribution >= 0.6 is 0 Å². The molecule has 0 fully saturated rings. The van der Waals surface area contributed by atoms with E-state index in [1.807, 2.05) is 31.2 Å². The summed E-state index contributed by atoms with van der Waals surface area (Å²) in [6.45, 7) is 6.80. The molecule has 0 aliphatic carbocycles. The average molecular weight is 282 g/mol. The highest BCUT2D eigenvalue weighted by atomic mass is 16.1. The van der Waals surface area contributed by atoms with Crippen molar-refractivity contribution >= 4 is 17.3 Å². The van der Waals surface area contributed by atoms with Crippen LogP contribution in [0.5, 0.6) is 0 Å². The minimum absolute atomic E-state index is 0.0312. The van der Waals surface area contributed by atoms with Crippen LogP contribution in [0.3, 0.4) is 0 Å². The van der Waals surface area contributed by atoms with Crippen molar-refractivity contribution < 1.29 is 4.79 Å². The zero-order valence-corrected chi connectivity index (χ0v) is 12.9. The Balaban J connectivity index is 2.10. The Morgan fingerprint density at radius 3 is 2.52 bits per heavy atom. The van der Waals surface area contributed by atoms with Crippen LogP contribution in [0, 0.1) is 13.8 Å². The lowest BCUT2D eigenvalue weighted by Gasteiger charge is -2.13. The number of rotatable bonds is 5. The largest absolute Gasteiger partial charge is 0.381 e. The van der Waals surface area contributed by atoms with E-state index in [2.05, 4.69) is 42.7 Å². The standard InChI is InChI=1S/C18H22N2O/c1-4-18(21)20-16-10-9-14(3)17(11-16)19-12-15-8-6-5-7-13(15)2/h5-11,19H,4,12H2,1-3H3,(H,20,21). The van der Waals surface area contributed by atoms with Gasteiger partial charge in [0.05, 0.1) is 0 Å². The van der Waals surface area contributed by atoms with Crippen molar-refractivity contribution in [3.8, 4) is 0 Å². The van der Waals surface area contributed by atoms with E-state index in [4.69, 9.17) is 0 Å². The molecule has 1 amide bonds. The number of amides is 1. The van der Waals surface area contributed by atoms with E-state index in [-0.39, 0.29) is 5.91 Å². The molecule has 0 aromatic heterocycles. The molecule has 110 valence electrons. The quantitative estimate of drug-likeness (QED) is 0.860. The smallest absolute Gasteiger partial charge is 0.224 e. The van der Waals surface area contributed by atoms with E-state index in [1.54, 1.807) is 0 Å². The highest BCUT2D eigenvalue weighted by Crippen LogP contribution is 2.21. The second-order valence-corrected chi connectivity index (χ2v) is 5.21. The van der Waals surface area contributed by atoms with Crippen LogP contribution in [0.15, 0.2) is 42.5 Å². The second kappa shape index (κ2) is 6.93. The Hall–Kier alpha value is -2.29. The molecule has 3 nitrogen and oxygen atoms in total. The summed E-state index contributed by atoms with van der Waals surface area (Å²) in [7, 11) is 0. The van der Waals surface area contributed by atoms with Crippen molar-refractivity contribution in [1.29, 1.82) is 0 Å². The number of hydrogen-bond acceptors (Lipinski definition) is 2. The number of carbonyl (C=O) groups is 1. The molecule has 0 aliphatic rings. The van der Waals surface area contributed by atoms with Crippen molar-refractivity contribution in [2.75, 3.05) is 10.6 Å². The number of aryl methyl sites for hydroxylation is 2. The highest BCUT2D eigenvalue weighted by Gasteiger charge is 2.04. The van der Waals surface area contributed by atoms with Crippen molar-refractivity contribution in [1.82, 2.24) is 0 Å². The van der Waals surface area contributed by atoms with Gasteiger partial charge in [0, 0.05) is 24.3 Å². The monoisotopic (exact) mass is 282 g/mol. The fraction of sp³-hybridized carbons (Fsp3) is 0.278. The summed E-state index contributed by atoms with van der Waals surface area (Å²) < 4.78 is 0. The third-order valence-electron chi connectivity index (χ3n) is 3.57. The van der Waals surface area contributed by atoms with Gasteiger partial charge < -0.3 is 10.6 Å². The van der Waals surface area contributed by atoms with Crippen molar-refractivity contribution in [3.05, 3.63) is 59.2 Å². The number of nitrogens with one attached hydrogen (secondary N) is 2. The minimum atomic E-state index is 0.0312. The zero-order valence-electron chi connectivity index (χ0n) is 12.9. The molecule has 2 aromatic rings. The highest BCUT2D eigenvalue weighted by molar-refractivity contribution is 5.91. The van der Waals surface area contributed by atoms with E-state index in [9.17, 15) is 4.79 Å². The van der Waals surface area contributed by atoms with Crippen LogP contribution < -0.4 is 10.6 Å². The summed E-state index contributed by atoms with van der Waals surface area (Å²) in [6, 6.07) is 14.3. The van der Waals surface area contributed by atoms with Crippen LogP contribution in [0.2, 0.25) is 0 Å². The van der Waals surface area contributed by atoms with Gasteiger partial charge in [-0.2, -0.15) is 0 Å². The minimum Gasteiger partial charge on any atom is -0.381 e. The van der Waals surface area contributed by atoms with Gasteiger partial charge in [0.2, 0.25) is 5.91 Å². The Labute approximate surface area is 126 Å². The average Bonchev–Trinajstić information content (AvgIpc) is 2.49. The first-order valence-electron chi connectivity index (χ1n) is 7.29. The molecule has 0 saturated heterocycles. The van der Waals surface area contributed by atoms with Gasteiger partial charge in [-0.25, -0.2) is 0 Å². The third kappa shape index (κ3) is 4.09. The molecule has 2 aromatic carbocycles. The van der Waals surface area contributed by atoms with Gasteiger partial charge in [-0.05, 0) is 42.7 Å². The molecular formula is C18H22N2O. The first-order chi connectivity index (χ1) is 10.1. The summed E-state index contributed by atoms with van der Waals surface area (Å²) >= 11 is 0. The number of carbonyl (C=O) groups excluding carboxylic acids is 1. The SMILES string of the molecule is CCC(=O)Nc1ccc(C)c(NCc2ccccc2C)c1. The molecule has 3 heteroatoms. The summed E-state index contributed by atoms with van der Waals surface area (Å²) in [5, 5.41) is 6.34. The summed E-state index contributed by atoms with van der Waals surface area (Å²) in [4.78, 5) is 11.5. The Bertz CT molecular complexity index is 635. The van der Waals surface area contributed by atoms with Crippen molar-refractivity contribution in [2.45, 2.75) is 33.7 Å². The van der Waals surface area contributed by atoms with Gasteiger partial charge >= 0.3 is 0 Å². The Morgan fingerprint density at radius 1 is 1.05 bits per heavy atom.